The smallest absolute Gasteiger partial charge is 0.164 e. The van der Waals surface area contributed by atoms with Gasteiger partial charge < -0.3 is 10.0 Å². The number of rotatable bonds is 7. The van der Waals surface area contributed by atoms with Crippen LogP contribution in [0.1, 0.15) is 35.4 Å². The van der Waals surface area contributed by atoms with Crippen LogP contribution < -0.4 is 0 Å². The molecule has 2 aromatic carbocycles. The molecule has 0 heterocycles. The van der Waals surface area contributed by atoms with Crippen LogP contribution in [0.25, 0.3) is 0 Å². The summed E-state index contributed by atoms with van der Waals surface area (Å²) in [5, 5.41) is 10.4. The van der Waals surface area contributed by atoms with Crippen LogP contribution in [-0.4, -0.2) is 35.4 Å². The van der Waals surface area contributed by atoms with Gasteiger partial charge in [0.15, 0.2) is 5.78 Å². The number of aliphatic hydroxyl groups excluding tert-OH is 1. The fourth-order valence-corrected chi connectivity index (χ4v) is 2.42. The Labute approximate surface area is 132 Å². The van der Waals surface area contributed by atoms with Gasteiger partial charge in [-0.1, -0.05) is 60.7 Å². The standard InChI is InChI=1S/C19H23NO2/c1-15(19(22)17-11-7-4-8-12-17)20(2)14-13-18(21)16-9-5-3-6-10-16/h3-12,15,19,22H,13-14H2,1-2H3/t15-,19+/m0/s1. The predicted octanol–water partition coefficient (Wildman–Crippen LogP) is 3.31. The molecule has 0 aliphatic carbocycles. The second-order valence-corrected chi connectivity index (χ2v) is 5.62. The van der Waals surface area contributed by atoms with E-state index >= 15 is 0 Å². The fraction of sp³-hybridized carbons (Fsp3) is 0.316. The molecule has 3 heteroatoms. The van der Waals surface area contributed by atoms with Crippen molar-refractivity contribution in [3.8, 4) is 0 Å². The third-order valence-electron chi connectivity index (χ3n) is 4.08. The maximum Gasteiger partial charge on any atom is 0.164 e. The number of aliphatic hydroxyl groups is 1. The molecule has 1 N–H and O–H groups in total. The Morgan fingerprint density at radius 2 is 1.59 bits per heavy atom. The van der Waals surface area contributed by atoms with E-state index in [-0.39, 0.29) is 11.8 Å². The van der Waals surface area contributed by atoms with Crippen LogP contribution in [0.3, 0.4) is 0 Å². The third kappa shape index (κ3) is 4.26. The highest BCUT2D eigenvalue weighted by atomic mass is 16.3. The molecular formula is C19H23NO2. The molecule has 0 spiro atoms. The molecule has 22 heavy (non-hydrogen) atoms. The second-order valence-electron chi connectivity index (χ2n) is 5.62. The highest BCUT2D eigenvalue weighted by Crippen LogP contribution is 2.20. The third-order valence-corrected chi connectivity index (χ3v) is 4.08. The molecule has 0 aromatic heterocycles. The Hall–Kier alpha value is -1.97. The molecule has 0 radical (unpaired) electrons. The number of likely N-dealkylation sites (N-methyl/N-ethyl adjacent to an activating group) is 1. The molecule has 0 saturated carbocycles. The van der Waals surface area contributed by atoms with E-state index in [1.807, 2.05) is 79.5 Å². The normalized spacial score (nSPS) is 13.8. The minimum absolute atomic E-state index is 0.0500. The van der Waals surface area contributed by atoms with E-state index in [1.54, 1.807) is 0 Å². The van der Waals surface area contributed by atoms with Gasteiger partial charge in [0, 0.05) is 24.6 Å². The highest BCUT2D eigenvalue weighted by Gasteiger charge is 2.20. The van der Waals surface area contributed by atoms with Gasteiger partial charge in [-0.05, 0) is 19.5 Å². The molecular weight excluding hydrogens is 274 g/mol. The van der Waals surface area contributed by atoms with E-state index in [4.69, 9.17) is 0 Å². The molecule has 0 fully saturated rings. The molecule has 2 aromatic rings. The average Bonchev–Trinajstić information content (AvgIpc) is 2.59. The van der Waals surface area contributed by atoms with Crippen molar-refractivity contribution in [3.63, 3.8) is 0 Å². The number of hydrogen-bond acceptors (Lipinski definition) is 3. The van der Waals surface area contributed by atoms with E-state index in [1.165, 1.54) is 0 Å². The number of carbonyl (C=O) groups is 1. The maximum atomic E-state index is 12.1. The number of carbonyl (C=O) groups excluding carboxylic acids is 1. The van der Waals surface area contributed by atoms with Gasteiger partial charge in [-0.25, -0.2) is 0 Å². The molecule has 0 aliphatic rings. The van der Waals surface area contributed by atoms with Crippen molar-refractivity contribution >= 4 is 5.78 Å². The second kappa shape index (κ2) is 7.87. The molecule has 0 aliphatic heterocycles. The van der Waals surface area contributed by atoms with E-state index in [9.17, 15) is 9.90 Å². The largest absolute Gasteiger partial charge is 0.387 e. The summed E-state index contributed by atoms with van der Waals surface area (Å²) < 4.78 is 0. The zero-order chi connectivity index (χ0) is 15.9. The topological polar surface area (TPSA) is 40.5 Å². The zero-order valence-corrected chi connectivity index (χ0v) is 13.1. The quantitative estimate of drug-likeness (QED) is 0.797. The Balaban J connectivity index is 1.89. The van der Waals surface area contributed by atoms with Gasteiger partial charge in [0.1, 0.15) is 0 Å². The lowest BCUT2D eigenvalue weighted by Gasteiger charge is -2.29. The summed E-state index contributed by atoms with van der Waals surface area (Å²) >= 11 is 0. The van der Waals surface area contributed by atoms with E-state index in [0.29, 0.717) is 13.0 Å². The summed E-state index contributed by atoms with van der Waals surface area (Å²) in [6, 6.07) is 18.9. The van der Waals surface area contributed by atoms with Gasteiger partial charge in [0.05, 0.1) is 6.10 Å². The number of hydrogen-bond donors (Lipinski definition) is 1. The monoisotopic (exact) mass is 297 g/mol. The molecule has 0 unspecified atom stereocenters. The predicted molar refractivity (Wildman–Crippen MR) is 88.9 cm³/mol. The van der Waals surface area contributed by atoms with Gasteiger partial charge in [0.2, 0.25) is 0 Å². The van der Waals surface area contributed by atoms with Crippen LogP contribution in [-0.2, 0) is 0 Å². The molecule has 2 atom stereocenters. The first-order chi connectivity index (χ1) is 10.6. The first kappa shape index (κ1) is 16.4. The summed E-state index contributed by atoms with van der Waals surface area (Å²) in [4.78, 5) is 14.1. The van der Waals surface area contributed by atoms with Gasteiger partial charge in [-0.3, -0.25) is 4.79 Å². The number of benzene rings is 2. The minimum Gasteiger partial charge on any atom is -0.387 e. The van der Waals surface area contributed by atoms with Crippen LogP contribution in [0.5, 0.6) is 0 Å². The van der Waals surface area contributed by atoms with E-state index in [0.717, 1.165) is 11.1 Å². The minimum atomic E-state index is -0.557. The zero-order valence-electron chi connectivity index (χ0n) is 13.1. The summed E-state index contributed by atoms with van der Waals surface area (Å²) in [6.45, 7) is 2.60. The van der Waals surface area contributed by atoms with Gasteiger partial charge in [0.25, 0.3) is 0 Å². The molecule has 0 amide bonds. The first-order valence-electron chi connectivity index (χ1n) is 7.61. The Bertz CT molecular complexity index is 583. The molecule has 2 rings (SSSR count). The highest BCUT2D eigenvalue weighted by molar-refractivity contribution is 5.96. The van der Waals surface area contributed by atoms with E-state index in [2.05, 4.69) is 0 Å². The van der Waals surface area contributed by atoms with Crippen LogP contribution in [0.15, 0.2) is 60.7 Å². The maximum absolute atomic E-state index is 12.1. The fourth-order valence-electron chi connectivity index (χ4n) is 2.42. The van der Waals surface area contributed by atoms with Crippen molar-refractivity contribution in [1.29, 1.82) is 0 Å². The van der Waals surface area contributed by atoms with Crippen molar-refractivity contribution < 1.29 is 9.90 Å². The number of Topliss-reactive ketones (excluding diaryl/α,β-unsaturated/α-hetero) is 1. The van der Waals surface area contributed by atoms with Crippen molar-refractivity contribution in [1.82, 2.24) is 4.90 Å². The lowest BCUT2D eigenvalue weighted by molar-refractivity contribution is 0.0688. The van der Waals surface area contributed by atoms with Gasteiger partial charge in [-0.15, -0.1) is 0 Å². The molecule has 0 bridgehead atoms. The Morgan fingerprint density at radius 1 is 1.05 bits per heavy atom. The average molecular weight is 297 g/mol. The first-order valence-corrected chi connectivity index (χ1v) is 7.61. The van der Waals surface area contributed by atoms with Crippen molar-refractivity contribution in [2.75, 3.05) is 13.6 Å². The Morgan fingerprint density at radius 3 is 2.18 bits per heavy atom. The van der Waals surface area contributed by atoms with Gasteiger partial charge >= 0.3 is 0 Å². The molecule has 0 saturated heterocycles. The molecule has 3 nitrogen and oxygen atoms in total. The van der Waals surface area contributed by atoms with Crippen LogP contribution in [0.2, 0.25) is 0 Å². The number of nitrogens with zero attached hydrogens (tertiary/aromatic N) is 1. The lowest BCUT2D eigenvalue weighted by Crippen LogP contribution is -2.35. The summed E-state index contributed by atoms with van der Waals surface area (Å²) in [7, 11) is 1.94. The number of ketones is 1. The van der Waals surface area contributed by atoms with Crippen molar-refractivity contribution in [2.45, 2.75) is 25.5 Å². The van der Waals surface area contributed by atoms with Crippen molar-refractivity contribution in [2.24, 2.45) is 0 Å². The molecule has 116 valence electrons. The lowest BCUT2D eigenvalue weighted by atomic mass is 10.0. The van der Waals surface area contributed by atoms with E-state index < -0.39 is 6.10 Å². The summed E-state index contributed by atoms with van der Waals surface area (Å²) in [5.74, 6) is 0.133. The SMILES string of the molecule is C[C@@H]([C@@H](O)c1ccccc1)N(C)CCC(=O)c1ccccc1. The van der Waals surface area contributed by atoms with Crippen LogP contribution >= 0.6 is 0 Å². The van der Waals surface area contributed by atoms with Crippen LogP contribution in [0.4, 0.5) is 0 Å². The summed E-state index contributed by atoms with van der Waals surface area (Å²) in [6.07, 6.45) is -0.107. The summed E-state index contributed by atoms with van der Waals surface area (Å²) in [5.41, 5.74) is 1.64. The Kier molecular flexibility index (Phi) is 5.87. The van der Waals surface area contributed by atoms with Gasteiger partial charge in [-0.2, -0.15) is 0 Å². The van der Waals surface area contributed by atoms with Crippen LogP contribution in [0, 0.1) is 0 Å². The van der Waals surface area contributed by atoms with Crippen molar-refractivity contribution in [3.05, 3.63) is 71.8 Å².